The van der Waals surface area contributed by atoms with Crippen molar-refractivity contribution in [1.82, 2.24) is 9.78 Å². The van der Waals surface area contributed by atoms with E-state index in [1.807, 2.05) is 20.9 Å². The first-order valence-corrected chi connectivity index (χ1v) is 7.70. The van der Waals surface area contributed by atoms with Crippen LogP contribution in [0.4, 0.5) is 5.82 Å². The Hall–Kier alpha value is -2.02. The molecule has 1 aliphatic rings. The second-order valence-electron chi connectivity index (χ2n) is 4.80. The highest BCUT2D eigenvalue weighted by Gasteiger charge is 2.25. The number of aromatic nitrogens is 2. The number of hydrogen-bond acceptors (Lipinski definition) is 5. The van der Waals surface area contributed by atoms with Crippen LogP contribution in [0.3, 0.4) is 0 Å². The zero-order chi connectivity index (χ0) is 15.0. The van der Waals surface area contributed by atoms with Crippen molar-refractivity contribution >= 4 is 23.1 Å². The molecule has 0 fully saturated rings. The van der Waals surface area contributed by atoms with Crippen molar-refractivity contribution in [2.45, 2.75) is 20.3 Å². The van der Waals surface area contributed by atoms with E-state index in [0.29, 0.717) is 29.6 Å². The summed E-state index contributed by atoms with van der Waals surface area (Å²) in [6.45, 7) is 4.98. The van der Waals surface area contributed by atoms with Crippen LogP contribution in [-0.2, 0) is 13.5 Å². The van der Waals surface area contributed by atoms with Gasteiger partial charge in [0.1, 0.15) is 23.9 Å². The average Bonchev–Trinajstić information content (AvgIpc) is 3.00. The molecule has 0 unspecified atom stereocenters. The van der Waals surface area contributed by atoms with E-state index < -0.39 is 0 Å². The van der Waals surface area contributed by atoms with Gasteiger partial charge in [-0.3, -0.25) is 9.48 Å². The molecule has 0 radical (unpaired) electrons. The minimum atomic E-state index is -0.190. The molecule has 2 aromatic rings. The Balaban J connectivity index is 1.89. The molecule has 21 heavy (non-hydrogen) atoms. The molecule has 7 heteroatoms. The molecule has 0 aromatic carbocycles. The Morgan fingerprint density at radius 2 is 2.24 bits per heavy atom. The minimum absolute atomic E-state index is 0.190. The van der Waals surface area contributed by atoms with E-state index in [0.717, 1.165) is 23.5 Å². The van der Waals surface area contributed by atoms with Gasteiger partial charge in [-0.15, -0.1) is 11.3 Å². The smallest absolute Gasteiger partial charge is 0.270 e. The lowest BCUT2D eigenvalue weighted by Gasteiger charge is -2.16. The lowest BCUT2D eigenvalue weighted by Crippen LogP contribution is -2.19. The van der Waals surface area contributed by atoms with Crippen molar-refractivity contribution in [3.8, 4) is 11.5 Å². The number of fused-ring (bicyclic) bond motifs is 1. The van der Waals surface area contributed by atoms with Crippen LogP contribution < -0.4 is 14.8 Å². The maximum atomic E-state index is 12.5. The van der Waals surface area contributed by atoms with E-state index in [9.17, 15) is 4.79 Å². The highest BCUT2D eigenvalue weighted by molar-refractivity contribution is 7.13. The number of aryl methyl sites for hydroxylation is 2. The number of carbonyl (C=O) groups is 1. The molecular formula is C14H17N3O3S. The monoisotopic (exact) mass is 307 g/mol. The molecule has 112 valence electrons. The van der Waals surface area contributed by atoms with E-state index in [1.165, 1.54) is 11.3 Å². The molecule has 1 aliphatic heterocycles. The summed E-state index contributed by atoms with van der Waals surface area (Å²) in [5.74, 6) is 1.73. The van der Waals surface area contributed by atoms with Crippen LogP contribution >= 0.6 is 11.3 Å². The summed E-state index contributed by atoms with van der Waals surface area (Å²) < 4.78 is 12.7. The normalized spacial score (nSPS) is 13.3. The molecule has 0 bridgehead atoms. The molecule has 0 saturated heterocycles. The number of carbonyl (C=O) groups excluding carboxylic acids is 1. The molecule has 3 rings (SSSR count). The van der Waals surface area contributed by atoms with Gasteiger partial charge >= 0.3 is 0 Å². The van der Waals surface area contributed by atoms with Crippen molar-refractivity contribution in [2.24, 2.45) is 7.05 Å². The fourth-order valence-corrected chi connectivity index (χ4v) is 3.29. The first-order chi connectivity index (χ1) is 10.1. The molecule has 3 heterocycles. The van der Waals surface area contributed by atoms with Crippen LogP contribution in [0.15, 0.2) is 5.38 Å². The zero-order valence-electron chi connectivity index (χ0n) is 12.2. The van der Waals surface area contributed by atoms with Gasteiger partial charge in [-0.1, -0.05) is 6.92 Å². The lowest BCUT2D eigenvalue weighted by molar-refractivity contribution is 0.102. The molecular weight excluding hydrogens is 290 g/mol. The van der Waals surface area contributed by atoms with Gasteiger partial charge in [-0.05, 0) is 13.3 Å². The fourth-order valence-electron chi connectivity index (χ4n) is 2.47. The topological polar surface area (TPSA) is 65.4 Å². The zero-order valence-corrected chi connectivity index (χ0v) is 13.0. The highest BCUT2D eigenvalue weighted by atomic mass is 32.1. The van der Waals surface area contributed by atoms with Gasteiger partial charge in [0.05, 0.1) is 5.69 Å². The van der Waals surface area contributed by atoms with E-state index in [-0.39, 0.29) is 5.91 Å². The molecule has 0 aliphatic carbocycles. The van der Waals surface area contributed by atoms with Crippen molar-refractivity contribution in [3.63, 3.8) is 0 Å². The predicted octanol–water partition coefficient (Wildman–Crippen LogP) is 2.38. The summed E-state index contributed by atoms with van der Waals surface area (Å²) in [5, 5.41) is 9.10. The first-order valence-electron chi connectivity index (χ1n) is 6.82. The Morgan fingerprint density at radius 1 is 1.48 bits per heavy atom. The van der Waals surface area contributed by atoms with Crippen LogP contribution in [0.5, 0.6) is 11.5 Å². The summed E-state index contributed by atoms with van der Waals surface area (Å²) in [6, 6.07) is 0. The highest BCUT2D eigenvalue weighted by Crippen LogP contribution is 2.39. The van der Waals surface area contributed by atoms with Crippen molar-refractivity contribution < 1.29 is 14.3 Å². The van der Waals surface area contributed by atoms with Gasteiger partial charge in [0.2, 0.25) is 0 Å². The molecule has 6 nitrogen and oxygen atoms in total. The second-order valence-corrected chi connectivity index (χ2v) is 5.68. The van der Waals surface area contributed by atoms with Crippen molar-refractivity contribution in [3.05, 3.63) is 21.5 Å². The number of thiophene rings is 1. The standard InChI is InChI=1S/C14H17N3O3S/c1-4-9-8(2)16-17(3)13(9)15-14(18)12-11-10(7-21-12)19-5-6-20-11/h7H,4-6H2,1-3H3,(H,15,18). The van der Waals surface area contributed by atoms with Crippen LogP contribution in [0.25, 0.3) is 0 Å². The SMILES string of the molecule is CCc1c(C)nn(C)c1NC(=O)c1scc2c1OCCO2. The summed E-state index contributed by atoms with van der Waals surface area (Å²) in [7, 11) is 1.82. The van der Waals surface area contributed by atoms with Gasteiger partial charge in [0.25, 0.3) is 5.91 Å². The number of ether oxygens (including phenoxy) is 2. The number of anilines is 1. The maximum absolute atomic E-state index is 12.5. The molecule has 0 saturated carbocycles. The van der Waals surface area contributed by atoms with Crippen LogP contribution in [0.2, 0.25) is 0 Å². The van der Waals surface area contributed by atoms with Crippen LogP contribution in [-0.4, -0.2) is 28.9 Å². The van der Waals surface area contributed by atoms with Gasteiger partial charge in [0, 0.05) is 18.0 Å². The van der Waals surface area contributed by atoms with E-state index in [2.05, 4.69) is 10.4 Å². The predicted molar refractivity (Wildman–Crippen MR) is 80.6 cm³/mol. The number of amides is 1. The molecule has 0 atom stereocenters. The summed E-state index contributed by atoms with van der Waals surface area (Å²) in [6.07, 6.45) is 0.817. The largest absolute Gasteiger partial charge is 0.485 e. The summed E-state index contributed by atoms with van der Waals surface area (Å²) >= 11 is 1.33. The number of nitrogens with one attached hydrogen (secondary N) is 1. The first kappa shape index (κ1) is 13.9. The summed E-state index contributed by atoms with van der Waals surface area (Å²) in [5.41, 5.74) is 1.98. The van der Waals surface area contributed by atoms with E-state index in [4.69, 9.17) is 9.47 Å². The Labute approximate surface area is 126 Å². The van der Waals surface area contributed by atoms with Crippen molar-refractivity contribution in [2.75, 3.05) is 18.5 Å². The Morgan fingerprint density at radius 3 is 3.00 bits per heavy atom. The molecule has 1 amide bonds. The summed E-state index contributed by atoms with van der Waals surface area (Å²) in [4.78, 5) is 13.0. The average molecular weight is 307 g/mol. The fraction of sp³-hybridized carbons (Fsp3) is 0.429. The number of nitrogens with zero attached hydrogens (tertiary/aromatic N) is 2. The number of hydrogen-bond donors (Lipinski definition) is 1. The lowest BCUT2D eigenvalue weighted by atomic mass is 10.2. The van der Waals surface area contributed by atoms with Crippen molar-refractivity contribution in [1.29, 1.82) is 0 Å². The Bertz CT molecular complexity index is 690. The molecule has 1 N–H and O–H groups in total. The third-order valence-electron chi connectivity index (χ3n) is 3.44. The van der Waals surface area contributed by atoms with E-state index in [1.54, 1.807) is 10.1 Å². The maximum Gasteiger partial charge on any atom is 0.270 e. The third kappa shape index (κ3) is 2.37. The Kier molecular flexibility index (Phi) is 3.59. The third-order valence-corrected chi connectivity index (χ3v) is 4.38. The quantitative estimate of drug-likeness (QED) is 0.945. The second kappa shape index (κ2) is 5.40. The minimum Gasteiger partial charge on any atom is -0.485 e. The molecule has 2 aromatic heterocycles. The molecule has 0 spiro atoms. The van der Waals surface area contributed by atoms with Crippen LogP contribution in [0, 0.1) is 6.92 Å². The van der Waals surface area contributed by atoms with E-state index >= 15 is 0 Å². The van der Waals surface area contributed by atoms with Crippen LogP contribution in [0.1, 0.15) is 27.9 Å². The van der Waals surface area contributed by atoms with Gasteiger partial charge in [-0.25, -0.2) is 0 Å². The van der Waals surface area contributed by atoms with Gasteiger partial charge in [-0.2, -0.15) is 5.10 Å². The number of rotatable bonds is 3. The van der Waals surface area contributed by atoms with Gasteiger partial charge in [0.15, 0.2) is 11.5 Å². The van der Waals surface area contributed by atoms with Gasteiger partial charge < -0.3 is 14.8 Å².